The van der Waals surface area contributed by atoms with Gasteiger partial charge in [0.25, 0.3) is 0 Å². The monoisotopic (exact) mass is 805 g/mol. The molecule has 25 atom stereocenters. The van der Waals surface area contributed by atoms with Crippen molar-refractivity contribution < 1.29 is 109 Å². The van der Waals surface area contributed by atoms with Gasteiger partial charge in [-0.05, 0) is 27.7 Å². The number of nitrogens with one attached hydrogen (secondary N) is 1. The number of hydrogen-bond acceptors (Lipinski definition) is 22. The lowest BCUT2D eigenvalue weighted by Crippen LogP contribution is -2.69. The largest absolute Gasteiger partial charge is 0.394 e. The molecule has 0 aromatic heterocycles. The maximum atomic E-state index is 12.2. The third-order valence-electron chi connectivity index (χ3n) is 10.6. The third kappa shape index (κ3) is 9.27. The Bertz CT molecular complexity index is 1240. The average Bonchev–Trinajstić information content (AvgIpc) is 3.13. The topological polar surface area (TPSA) is 355 Å². The standard InChI is InChI=1S/C32H55NO22/c1-7-14(36)20(42)22(44)30(48-7)54-26-21(43)15(37)8(2)49-31(26)53-25-17(39)10(4)50-32(52-24-16(38)9(3)47-28(46)23(24)45)27(25)55-29-13(33-11(5)35)19(41)18(40)12(6-34)51-29/h7-10,12-32,34,36-46H,6H2,1-5H3,(H,33,35)/t7-,8-,9-,10-,12+,13+,14-,15-,16-,17-,18+,19+,20+,21+,22+,23+,24+,25+,26+,27+,28+,29-,30-,31-,32-/m0/s1. The summed E-state index contributed by atoms with van der Waals surface area (Å²) >= 11 is 0. The Labute approximate surface area is 314 Å². The predicted octanol–water partition coefficient (Wildman–Crippen LogP) is -7.67. The van der Waals surface area contributed by atoms with Crippen LogP contribution in [0, 0.1) is 0 Å². The lowest BCUT2D eigenvalue weighted by Gasteiger charge is -2.51. The van der Waals surface area contributed by atoms with Gasteiger partial charge in [0, 0.05) is 6.92 Å². The fourth-order valence-electron chi connectivity index (χ4n) is 7.16. The molecule has 5 saturated heterocycles. The summed E-state index contributed by atoms with van der Waals surface area (Å²) in [6.07, 6.45) is -39.3. The van der Waals surface area contributed by atoms with E-state index in [-0.39, 0.29) is 0 Å². The van der Waals surface area contributed by atoms with Crippen LogP contribution < -0.4 is 5.32 Å². The second-order valence-corrected chi connectivity index (χ2v) is 14.6. The molecule has 5 fully saturated rings. The SMILES string of the molecule is CC(=O)N[C@H]1[C@H](O[C@H]2[C@H](O[C@@H]3[C@@H](O)[C@H](C)O[C@@H](O)[C@@H]3O)O[C@@H](C)[C@H](O)[C@H]2O[C@@H]2O[C@@H](C)[C@H](O)[C@@H](O)[C@H]2O[C@@H]2O[C@@H](C)[C@H](O)[C@@H](O)[C@H]2O)O[C@H](CO)[C@@H](O)[C@@H]1O. The Kier molecular flexibility index (Phi) is 14.9. The third-order valence-corrected chi connectivity index (χ3v) is 10.6. The van der Waals surface area contributed by atoms with Gasteiger partial charge in [0.1, 0.15) is 97.6 Å². The summed E-state index contributed by atoms with van der Waals surface area (Å²) in [5.41, 5.74) is 0. The number of aliphatic hydroxyl groups is 12. The minimum Gasteiger partial charge on any atom is -0.394 e. The maximum Gasteiger partial charge on any atom is 0.217 e. The Morgan fingerprint density at radius 1 is 0.473 bits per heavy atom. The zero-order valence-corrected chi connectivity index (χ0v) is 30.6. The summed E-state index contributed by atoms with van der Waals surface area (Å²) in [7, 11) is 0. The van der Waals surface area contributed by atoms with Crippen LogP contribution >= 0.6 is 0 Å². The molecule has 5 aliphatic rings. The molecule has 320 valence electrons. The zero-order chi connectivity index (χ0) is 40.8. The number of carbonyl (C=O) groups is 1. The van der Waals surface area contributed by atoms with Crippen LogP contribution in [0.5, 0.6) is 0 Å². The molecule has 0 aliphatic carbocycles. The highest BCUT2D eigenvalue weighted by Gasteiger charge is 2.57. The molecule has 5 rings (SSSR count). The second kappa shape index (κ2) is 18.3. The van der Waals surface area contributed by atoms with Gasteiger partial charge in [-0.25, -0.2) is 0 Å². The molecule has 23 heteroatoms. The molecule has 23 nitrogen and oxygen atoms in total. The first-order chi connectivity index (χ1) is 25.8. The van der Waals surface area contributed by atoms with Crippen molar-refractivity contribution in [3.63, 3.8) is 0 Å². The molecule has 5 aliphatic heterocycles. The summed E-state index contributed by atoms with van der Waals surface area (Å²) in [4.78, 5) is 12.2. The molecule has 0 aromatic rings. The first-order valence-corrected chi connectivity index (χ1v) is 18.0. The van der Waals surface area contributed by atoms with E-state index in [1.165, 1.54) is 27.7 Å². The molecular weight excluding hydrogens is 750 g/mol. The quantitative estimate of drug-likeness (QED) is 0.0975. The molecule has 5 heterocycles. The van der Waals surface area contributed by atoms with Gasteiger partial charge in [0.2, 0.25) is 5.91 Å². The van der Waals surface area contributed by atoms with Gasteiger partial charge in [-0.3, -0.25) is 4.79 Å². The van der Waals surface area contributed by atoms with E-state index in [1.807, 2.05) is 0 Å². The molecular formula is C32H55NO22. The molecule has 0 spiro atoms. The first-order valence-electron chi connectivity index (χ1n) is 18.0. The van der Waals surface area contributed by atoms with Crippen LogP contribution in [-0.4, -0.2) is 227 Å². The van der Waals surface area contributed by atoms with Crippen molar-refractivity contribution in [2.45, 2.75) is 188 Å². The highest BCUT2D eigenvalue weighted by atomic mass is 16.8. The molecule has 0 bridgehead atoms. The van der Waals surface area contributed by atoms with Crippen LogP contribution in [0.2, 0.25) is 0 Å². The normalized spacial score (nSPS) is 53.8. The van der Waals surface area contributed by atoms with Crippen molar-refractivity contribution in [2.75, 3.05) is 6.61 Å². The van der Waals surface area contributed by atoms with Gasteiger partial charge in [-0.2, -0.15) is 0 Å². The number of amides is 1. The van der Waals surface area contributed by atoms with Crippen molar-refractivity contribution >= 4 is 5.91 Å². The van der Waals surface area contributed by atoms with E-state index < -0.39 is 166 Å². The predicted molar refractivity (Wildman–Crippen MR) is 172 cm³/mol. The van der Waals surface area contributed by atoms with E-state index in [4.69, 9.17) is 42.6 Å². The highest BCUT2D eigenvalue weighted by Crippen LogP contribution is 2.37. The van der Waals surface area contributed by atoms with Crippen molar-refractivity contribution in [3.05, 3.63) is 0 Å². The zero-order valence-electron chi connectivity index (χ0n) is 30.6. The van der Waals surface area contributed by atoms with E-state index in [9.17, 15) is 66.1 Å². The van der Waals surface area contributed by atoms with E-state index >= 15 is 0 Å². The van der Waals surface area contributed by atoms with E-state index in [0.29, 0.717) is 0 Å². The van der Waals surface area contributed by atoms with Crippen molar-refractivity contribution in [1.82, 2.24) is 5.32 Å². The Morgan fingerprint density at radius 2 is 0.945 bits per heavy atom. The Morgan fingerprint density at radius 3 is 1.55 bits per heavy atom. The summed E-state index contributed by atoms with van der Waals surface area (Å²) in [6, 6.07) is -1.55. The van der Waals surface area contributed by atoms with Crippen LogP contribution in [0.3, 0.4) is 0 Å². The molecule has 1 amide bonds. The van der Waals surface area contributed by atoms with Crippen LogP contribution in [0.25, 0.3) is 0 Å². The molecule has 0 radical (unpaired) electrons. The van der Waals surface area contributed by atoms with Gasteiger partial charge >= 0.3 is 0 Å². The summed E-state index contributed by atoms with van der Waals surface area (Å²) < 4.78 is 52.5. The second-order valence-electron chi connectivity index (χ2n) is 14.6. The van der Waals surface area contributed by atoms with E-state index in [1.54, 1.807) is 0 Å². The fraction of sp³-hybridized carbons (Fsp3) is 0.969. The fourth-order valence-corrected chi connectivity index (χ4v) is 7.16. The first kappa shape index (κ1) is 44.7. The Hall–Kier alpha value is -1.37. The summed E-state index contributed by atoms with van der Waals surface area (Å²) in [5.74, 6) is -0.710. The summed E-state index contributed by atoms with van der Waals surface area (Å²) in [6.45, 7) is 5.76. The van der Waals surface area contributed by atoms with E-state index in [2.05, 4.69) is 5.32 Å². The molecule has 0 saturated carbocycles. The average molecular weight is 806 g/mol. The lowest BCUT2D eigenvalue weighted by atomic mass is 9.95. The highest BCUT2D eigenvalue weighted by molar-refractivity contribution is 5.73. The molecule has 0 aromatic carbocycles. The molecule has 13 N–H and O–H groups in total. The number of hydrogen-bond donors (Lipinski definition) is 13. The van der Waals surface area contributed by atoms with Crippen LogP contribution in [0.1, 0.15) is 34.6 Å². The Balaban J connectivity index is 1.52. The van der Waals surface area contributed by atoms with Gasteiger partial charge in [0.15, 0.2) is 31.5 Å². The number of ether oxygens (including phenoxy) is 9. The van der Waals surface area contributed by atoms with Crippen LogP contribution in [0.4, 0.5) is 0 Å². The molecule has 0 unspecified atom stereocenters. The van der Waals surface area contributed by atoms with Gasteiger partial charge in [-0.15, -0.1) is 0 Å². The minimum absolute atomic E-state index is 0.710. The lowest BCUT2D eigenvalue weighted by molar-refractivity contribution is -0.405. The van der Waals surface area contributed by atoms with Gasteiger partial charge in [-0.1, -0.05) is 0 Å². The number of aliphatic hydroxyl groups excluding tert-OH is 12. The smallest absolute Gasteiger partial charge is 0.217 e. The van der Waals surface area contributed by atoms with Crippen molar-refractivity contribution in [1.29, 1.82) is 0 Å². The van der Waals surface area contributed by atoms with Crippen molar-refractivity contribution in [3.8, 4) is 0 Å². The van der Waals surface area contributed by atoms with Crippen LogP contribution in [0.15, 0.2) is 0 Å². The van der Waals surface area contributed by atoms with Crippen LogP contribution in [-0.2, 0) is 47.4 Å². The van der Waals surface area contributed by atoms with Gasteiger partial charge in [0.05, 0.1) is 31.0 Å². The maximum absolute atomic E-state index is 12.2. The summed E-state index contributed by atoms with van der Waals surface area (Å²) in [5, 5.41) is 131. The minimum atomic E-state index is -1.87. The van der Waals surface area contributed by atoms with Crippen molar-refractivity contribution in [2.24, 2.45) is 0 Å². The molecule has 55 heavy (non-hydrogen) atoms. The van der Waals surface area contributed by atoms with E-state index in [0.717, 1.165) is 6.92 Å². The number of carbonyl (C=O) groups excluding carboxylic acids is 1. The van der Waals surface area contributed by atoms with Gasteiger partial charge < -0.3 is 109 Å². The number of rotatable bonds is 10.